The number of benzene rings is 1. The van der Waals surface area contributed by atoms with Crippen molar-refractivity contribution in [3.8, 4) is 0 Å². The lowest BCUT2D eigenvalue weighted by molar-refractivity contribution is -0.384. The van der Waals surface area contributed by atoms with E-state index in [1.54, 1.807) is 22.9 Å². The number of rotatable bonds is 5. The SMILES string of the molecule is COC1CC(C(=O)O)N(C(=O)Cn2ccc3cc([N+](=O)[O-])ccc32)C1. The van der Waals surface area contributed by atoms with Crippen LogP contribution in [0.1, 0.15) is 6.42 Å². The van der Waals surface area contributed by atoms with E-state index in [1.807, 2.05) is 0 Å². The number of aliphatic carboxylic acids is 1. The van der Waals surface area contributed by atoms with Gasteiger partial charge in [-0.3, -0.25) is 14.9 Å². The van der Waals surface area contributed by atoms with Crippen molar-refractivity contribution < 1.29 is 24.4 Å². The summed E-state index contributed by atoms with van der Waals surface area (Å²) < 4.78 is 6.84. The maximum Gasteiger partial charge on any atom is 0.326 e. The van der Waals surface area contributed by atoms with Crippen molar-refractivity contribution in [1.29, 1.82) is 0 Å². The van der Waals surface area contributed by atoms with Crippen molar-refractivity contribution in [3.05, 3.63) is 40.6 Å². The quantitative estimate of drug-likeness (QED) is 0.643. The minimum absolute atomic E-state index is 0.0232. The van der Waals surface area contributed by atoms with E-state index in [1.165, 1.54) is 24.1 Å². The van der Waals surface area contributed by atoms with E-state index in [-0.39, 0.29) is 37.2 Å². The Morgan fingerprint density at radius 2 is 2.16 bits per heavy atom. The number of likely N-dealkylation sites (tertiary alicyclic amines) is 1. The smallest absolute Gasteiger partial charge is 0.326 e. The molecule has 0 radical (unpaired) electrons. The first kappa shape index (κ1) is 16.9. The van der Waals surface area contributed by atoms with Crippen LogP contribution >= 0.6 is 0 Å². The van der Waals surface area contributed by atoms with Gasteiger partial charge in [0.25, 0.3) is 5.69 Å². The molecule has 1 aromatic heterocycles. The molecule has 0 bridgehead atoms. The molecule has 9 heteroatoms. The lowest BCUT2D eigenvalue weighted by atomic mass is 10.2. The van der Waals surface area contributed by atoms with Crippen LogP contribution in [-0.2, 0) is 20.9 Å². The fourth-order valence-electron chi connectivity index (χ4n) is 3.15. The Kier molecular flexibility index (Phi) is 4.41. The summed E-state index contributed by atoms with van der Waals surface area (Å²) >= 11 is 0. The molecule has 1 fully saturated rings. The van der Waals surface area contributed by atoms with Crippen molar-refractivity contribution in [3.63, 3.8) is 0 Å². The van der Waals surface area contributed by atoms with Gasteiger partial charge in [0.15, 0.2) is 0 Å². The molecule has 3 rings (SSSR count). The lowest BCUT2D eigenvalue weighted by Crippen LogP contribution is -2.42. The number of nitrogens with zero attached hydrogens (tertiary/aromatic N) is 3. The largest absolute Gasteiger partial charge is 0.480 e. The van der Waals surface area contributed by atoms with Gasteiger partial charge in [-0.15, -0.1) is 0 Å². The first-order valence-electron chi connectivity index (χ1n) is 7.69. The third kappa shape index (κ3) is 3.18. The second-order valence-corrected chi connectivity index (χ2v) is 5.94. The fraction of sp³-hybridized carbons (Fsp3) is 0.375. The zero-order valence-corrected chi connectivity index (χ0v) is 13.5. The molecule has 0 saturated carbocycles. The number of aromatic nitrogens is 1. The molecule has 2 heterocycles. The normalized spacial score (nSPS) is 20.1. The number of amides is 1. The Morgan fingerprint density at radius 3 is 2.80 bits per heavy atom. The number of hydrogen-bond donors (Lipinski definition) is 1. The highest BCUT2D eigenvalue weighted by molar-refractivity contribution is 5.87. The van der Waals surface area contributed by atoms with Gasteiger partial charge in [0.2, 0.25) is 5.91 Å². The molecule has 1 aliphatic heterocycles. The second kappa shape index (κ2) is 6.52. The van der Waals surface area contributed by atoms with Crippen molar-refractivity contribution in [2.45, 2.75) is 25.1 Å². The van der Waals surface area contributed by atoms with Gasteiger partial charge >= 0.3 is 5.97 Å². The van der Waals surface area contributed by atoms with Gasteiger partial charge in [-0.2, -0.15) is 0 Å². The minimum Gasteiger partial charge on any atom is -0.480 e. The lowest BCUT2D eigenvalue weighted by Gasteiger charge is -2.21. The standard InChI is InChI=1S/C16H17N3O6/c1-25-12-7-14(16(21)22)18(8-12)15(20)9-17-5-4-10-6-11(19(23)24)2-3-13(10)17/h2-6,12,14H,7-9H2,1H3,(H,21,22). The van der Waals surface area contributed by atoms with Crippen LogP contribution in [0.2, 0.25) is 0 Å². The molecule has 25 heavy (non-hydrogen) atoms. The molecular weight excluding hydrogens is 330 g/mol. The molecule has 1 aliphatic rings. The zero-order chi connectivity index (χ0) is 18.1. The second-order valence-electron chi connectivity index (χ2n) is 5.94. The first-order chi connectivity index (χ1) is 11.9. The summed E-state index contributed by atoms with van der Waals surface area (Å²) in [4.78, 5) is 35.6. The molecule has 0 spiro atoms. The van der Waals surface area contributed by atoms with E-state index in [0.717, 1.165) is 0 Å². The van der Waals surface area contributed by atoms with Gasteiger partial charge in [-0.05, 0) is 12.1 Å². The molecule has 132 valence electrons. The third-order valence-corrected chi connectivity index (χ3v) is 4.47. The topological polar surface area (TPSA) is 115 Å². The number of carbonyl (C=O) groups excluding carboxylic acids is 1. The van der Waals surface area contributed by atoms with E-state index in [2.05, 4.69) is 0 Å². The molecular formula is C16H17N3O6. The van der Waals surface area contributed by atoms with Gasteiger partial charge in [0.05, 0.1) is 11.0 Å². The van der Waals surface area contributed by atoms with Crippen molar-refractivity contribution >= 4 is 28.5 Å². The number of fused-ring (bicyclic) bond motifs is 1. The van der Waals surface area contributed by atoms with Gasteiger partial charge < -0.3 is 19.3 Å². The predicted molar refractivity (Wildman–Crippen MR) is 87.1 cm³/mol. The Morgan fingerprint density at radius 1 is 1.40 bits per heavy atom. The van der Waals surface area contributed by atoms with Crippen LogP contribution in [0.5, 0.6) is 0 Å². The number of ether oxygens (including phenoxy) is 1. The highest BCUT2D eigenvalue weighted by Crippen LogP contribution is 2.24. The molecule has 9 nitrogen and oxygen atoms in total. The highest BCUT2D eigenvalue weighted by Gasteiger charge is 2.39. The Balaban J connectivity index is 1.82. The fourth-order valence-corrected chi connectivity index (χ4v) is 3.15. The first-order valence-corrected chi connectivity index (χ1v) is 7.69. The molecule has 0 aliphatic carbocycles. The van der Waals surface area contributed by atoms with Crippen LogP contribution in [0.4, 0.5) is 5.69 Å². The molecule has 1 amide bonds. The molecule has 1 saturated heterocycles. The summed E-state index contributed by atoms with van der Waals surface area (Å²) in [7, 11) is 1.49. The summed E-state index contributed by atoms with van der Waals surface area (Å²) in [6.07, 6.45) is 1.62. The highest BCUT2D eigenvalue weighted by atomic mass is 16.6. The van der Waals surface area contributed by atoms with Crippen molar-refractivity contribution in [1.82, 2.24) is 9.47 Å². The van der Waals surface area contributed by atoms with Gasteiger partial charge in [0.1, 0.15) is 12.6 Å². The number of carbonyl (C=O) groups is 2. The minimum atomic E-state index is -1.05. The average Bonchev–Trinajstić information content (AvgIpc) is 3.18. The van der Waals surface area contributed by atoms with E-state index < -0.39 is 16.9 Å². The maximum absolute atomic E-state index is 12.6. The number of carboxylic acids is 1. The number of non-ortho nitro benzene ring substituents is 1. The Bertz CT molecular complexity index is 846. The zero-order valence-electron chi connectivity index (χ0n) is 13.5. The van der Waals surface area contributed by atoms with Crippen molar-refractivity contribution in [2.75, 3.05) is 13.7 Å². The van der Waals surface area contributed by atoms with Gasteiger partial charge in [-0.1, -0.05) is 0 Å². The maximum atomic E-state index is 12.6. The number of nitro groups is 1. The predicted octanol–water partition coefficient (Wildman–Crippen LogP) is 1.25. The number of hydrogen-bond acceptors (Lipinski definition) is 5. The van der Waals surface area contributed by atoms with Crippen LogP contribution in [-0.4, -0.2) is 57.2 Å². The van der Waals surface area contributed by atoms with E-state index in [4.69, 9.17) is 4.74 Å². The number of methoxy groups -OCH3 is 1. The van der Waals surface area contributed by atoms with Crippen molar-refractivity contribution in [2.24, 2.45) is 0 Å². The average molecular weight is 347 g/mol. The Labute approximate surface area is 142 Å². The number of nitro benzene ring substituents is 1. The van der Waals surface area contributed by atoms with Crippen LogP contribution in [0, 0.1) is 10.1 Å². The van der Waals surface area contributed by atoms with E-state index in [0.29, 0.717) is 10.9 Å². The molecule has 1 N–H and O–H groups in total. The summed E-state index contributed by atoms with van der Waals surface area (Å²) in [5, 5.41) is 20.8. The van der Waals surface area contributed by atoms with E-state index in [9.17, 15) is 24.8 Å². The van der Waals surface area contributed by atoms with Gasteiger partial charge in [0, 0.05) is 49.3 Å². The number of carboxylic acid groups (broad SMARTS) is 1. The Hall–Kier alpha value is -2.94. The van der Waals surface area contributed by atoms with Crippen LogP contribution in [0.3, 0.4) is 0 Å². The van der Waals surface area contributed by atoms with Gasteiger partial charge in [-0.25, -0.2) is 4.79 Å². The monoisotopic (exact) mass is 347 g/mol. The van der Waals surface area contributed by atoms with E-state index >= 15 is 0 Å². The molecule has 2 aromatic rings. The third-order valence-electron chi connectivity index (χ3n) is 4.47. The summed E-state index contributed by atoms with van der Waals surface area (Å²) in [6, 6.07) is 5.18. The molecule has 2 atom stereocenters. The summed E-state index contributed by atoms with van der Waals surface area (Å²) in [5.74, 6) is -1.39. The van der Waals surface area contributed by atoms with Crippen LogP contribution in [0.25, 0.3) is 10.9 Å². The molecule has 2 unspecified atom stereocenters. The summed E-state index contributed by atoms with van der Waals surface area (Å²) in [5.41, 5.74) is 0.651. The van der Waals surface area contributed by atoms with Crippen LogP contribution < -0.4 is 0 Å². The van der Waals surface area contributed by atoms with Crippen LogP contribution in [0.15, 0.2) is 30.5 Å². The molecule has 1 aromatic carbocycles. The summed E-state index contributed by atoms with van der Waals surface area (Å²) in [6.45, 7) is 0.193.